The molecule has 2 aromatic rings. The number of rotatable bonds is 1. The van der Waals surface area contributed by atoms with Crippen molar-refractivity contribution in [3.8, 4) is 0 Å². The van der Waals surface area contributed by atoms with Crippen molar-refractivity contribution in [2.75, 3.05) is 12.4 Å². The maximum atomic E-state index is 10.9. The van der Waals surface area contributed by atoms with E-state index in [-0.39, 0.29) is 12.4 Å². The lowest BCUT2D eigenvalue weighted by molar-refractivity contribution is 0.187. The first-order valence-electron chi connectivity index (χ1n) is 4.22. The van der Waals surface area contributed by atoms with Crippen LogP contribution in [0.15, 0.2) is 30.5 Å². The molecule has 5 heteroatoms. The van der Waals surface area contributed by atoms with Crippen LogP contribution < -0.4 is 5.32 Å². The topological polar surface area (TPSA) is 54.1 Å². The Morgan fingerprint density at radius 1 is 1.40 bits per heavy atom. The predicted octanol–water partition coefficient (Wildman–Crippen LogP) is 2.77. The van der Waals surface area contributed by atoms with Gasteiger partial charge in [-0.3, -0.25) is 5.32 Å². The van der Waals surface area contributed by atoms with E-state index in [1.165, 1.54) is 7.11 Å². The van der Waals surface area contributed by atoms with Crippen LogP contribution in [0.2, 0.25) is 0 Å². The minimum absolute atomic E-state index is 0. The van der Waals surface area contributed by atoms with Crippen LogP contribution in [0.25, 0.3) is 10.9 Å². The SMILES string of the molecule is COC(=O)Nc1ccc2[nH]ccc2c1.Cl. The van der Waals surface area contributed by atoms with Crippen molar-refractivity contribution in [1.82, 2.24) is 4.98 Å². The van der Waals surface area contributed by atoms with Crippen LogP contribution in [-0.4, -0.2) is 18.2 Å². The van der Waals surface area contributed by atoms with E-state index in [1.54, 1.807) is 0 Å². The average molecular weight is 227 g/mol. The van der Waals surface area contributed by atoms with E-state index >= 15 is 0 Å². The molecule has 4 nitrogen and oxygen atoms in total. The minimum Gasteiger partial charge on any atom is -0.453 e. The number of aromatic nitrogens is 1. The van der Waals surface area contributed by atoms with Gasteiger partial charge in [0.1, 0.15) is 0 Å². The first kappa shape index (κ1) is 11.4. The Hall–Kier alpha value is -1.68. The standard InChI is InChI=1S/C10H10N2O2.ClH/c1-14-10(13)12-8-2-3-9-7(6-8)4-5-11-9;/h2-6,11H,1H3,(H,12,13);1H. The maximum absolute atomic E-state index is 10.9. The number of nitrogens with one attached hydrogen (secondary N) is 2. The number of carbonyl (C=O) groups is 1. The number of benzene rings is 1. The minimum atomic E-state index is -0.458. The van der Waals surface area contributed by atoms with E-state index < -0.39 is 6.09 Å². The normalized spacial score (nSPS) is 9.40. The van der Waals surface area contributed by atoms with Crippen molar-refractivity contribution in [3.63, 3.8) is 0 Å². The van der Waals surface area contributed by atoms with Crippen molar-refractivity contribution >= 4 is 35.1 Å². The van der Waals surface area contributed by atoms with Crippen molar-refractivity contribution in [2.45, 2.75) is 0 Å². The molecule has 1 amide bonds. The van der Waals surface area contributed by atoms with Crippen LogP contribution in [0.4, 0.5) is 10.5 Å². The third kappa shape index (κ3) is 2.41. The van der Waals surface area contributed by atoms with E-state index in [9.17, 15) is 4.79 Å². The Bertz CT molecular complexity index is 467. The molecule has 0 aliphatic rings. The van der Waals surface area contributed by atoms with E-state index in [0.29, 0.717) is 0 Å². The molecule has 0 radical (unpaired) electrons. The molecular weight excluding hydrogens is 216 g/mol. The average Bonchev–Trinajstić information content (AvgIpc) is 2.64. The van der Waals surface area contributed by atoms with Crippen LogP contribution in [0.5, 0.6) is 0 Å². The van der Waals surface area contributed by atoms with Gasteiger partial charge in [-0.05, 0) is 24.3 Å². The molecular formula is C10H11ClN2O2. The van der Waals surface area contributed by atoms with Gasteiger partial charge < -0.3 is 9.72 Å². The number of fused-ring (bicyclic) bond motifs is 1. The van der Waals surface area contributed by atoms with Gasteiger partial charge in [0.05, 0.1) is 7.11 Å². The molecule has 0 spiro atoms. The number of hydrogen-bond donors (Lipinski definition) is 2. The summed E-state index contributed by atoms with van der Waals surface area (Å²) in [6.45, 7) is 0. The highest BCUT2D eigenvalue weighted by molar-refractivity contribution is 5.89. The van der Waals surface area contributed by atoms with Crippen molar-refractivity contribution in [2.24, 2.45) is 0 Å². The summed E-state index contributed by atoms with van der Waals surface area (Å²) in [4.78, 5) is 14.0. The zero-order valence-corrected chi connectivity index (χ0v) is 8.93. The second kappa shape index (κ2) is 4.70. The van der Waals surface area contributed by atoms with Crippen LogP contribution >= 0.6 is 12.4 Å². The molecule has 2 N–H and O–H groups in total. The fourth-order valence-corrected chi connectivity index (χ4v) is 1.30. The van der Waals surface area contributed by atoms with Gasteiger partial charge in [-0.1, -0.05) is 0 Å². The van der Waals surface area contributed by atoms with Crippen LogP contribution in [0.3, 0.4) is 0 Å². The number of carbonyl (C=O) groups excluding carboxylic acids is 1. The summed E-state index contributed by atoms with van der Waals surface area (Å²) in [5.74, 6) is 0. The highest BCUT2D eigenvalue weighted by Crippen LogP contribution is 2.17. The van der Waals surface area contributed by atoms with Crippen LogP contribution in [0.1, 0.15) is 0 Å². The van der Waals surface area contributed by atoms with Gasteiger partial charge in [0.25, 0.3) is 0 Å². The molecule has 15 heavy (non-hydrogen) atoms. The van der Waals surface area contributed by atoms with E-state index in [2.05, 4.69) is 15.0 Å². The molecule has 1 heterocycles. The first-order valence-corrected chi connectivity index (χ1v) is 4.22. The molecule has 0 saturated carbocycles. The largest absolute Gasteiger partial charge is 0.453 e. The first-order chi connectivity index (χ1) is 6.79. The van der Waals surface area contributed by atoms with E-state index in [0.717, 1.165) is 16.6 Å². The molecule has 80 valence electrons. The fraction of sp³-hybridized carbons (Fsp3) is 0.100. The Labute approximate surface area is 93.0 Å². The Morgan fingerprint density at radius 2 is 2.20 bits per heavy atom. The zero-order valence-electron chi connectivity index (χ0n) is 8.11. The van der Waals surface area contributed by atoms with E-state index in [1.807, 2.05) is 30.5 Å². The summed E-state index contributed by atoms with van der Waals surface area (Å²) in [6.07, 6.45) is 1.40. The lowest BCUT2D eigenvalue weighted by Gasteiger charge is -2.02. The Morgan fingerprint density at radius 3 is 2.93 bits per heavy atom. The number of halogens is 1. The monoisotopic (exact) mass is 226 g/mol. The summed E-state index contributed by atoms with van der Waals surface area (Å²) in [5, 5.41) is 3.65. The maximum Gasteiger partial charge on any atom is 0.411 e. The molecule has 0 bridgehead atoms. The number of amides is 1. The summed E-state index contributed by atoms with van der Waals surface area (Å²) < 4.78 is 4.49. The quantitative estimate of drug-likeness (QED) is 0.786. The molecule has 0 unspecified atom stereocenters. The molecule has 1 aromatic heterocycles. The third-order valence-corrected chi connectivity index (χ3v) is 1.99. The lowest BCUT2D eigenvalue weighted by Crippen LogP contribution is -2.10. The lowest BCUT2D eigenvalue weighted by atomic mass is 10.2. The summed E-state index contributed by atoms with van der Waals surface area (Å²) in [5.41, 5.74) is 1.77. The molecule has 0 atom stereocenters. The highest BCUT2D eigenvalue weighted by atomic mass is 35.5. The van der Waals surface area contributed by atoms with Gasteiger partial charge in [-0.15, -0.1) is 12.4 Å². The van der Waals surface area contributed by atoms with Gasteiger partial charge in [0.15, 0.2) is 0 Å². The van der Waals surface area contributed by atoms with Crippen molar-refractivity contribution < 1.29 is 9.53 Å². The predicted molar refractivity (Wildman–Crippen MR) is 61.6 cm³/mol. The molecule has 0 aliphatic heterocycles. The van der Waals surface area contributed by atoms with Gasteiger partial charge in [0.2, 0.25) is 0 Å². The number of H-pyrrole nitrogens is 1. The molecule has 1 aromatic carbocycles. The summed E-state index contributed by atoms with van der Waals surface area (Å²) >= 11 is 0. The highest BCUT2D eigenvalue weighted by Gasteiger charge is 2.01. The molecule has 0 aliphatic carbocycles. The Kier molecular flexibility index (Phi) is 3.57. The van der Waals surface area contributed by atoms with Gasteiger partial charge in [-0.2, -0.15) is 0 Å². The third-order valence-electron chi connectivity index (χ3n) is 1.99. The molecule has 0 fully saturated rings. The second-order valence-electron chi connectivity index (χ2n) is 2.90. The van der Waals surface area contributed by atoms with Crippen molar-refractivity contribution in [3.05, 3.63) is 30.5 Å². The summed E-state index contributed by atoms with van der Waals surface area (Å²) in [7, 11) is 1.34. The second-order valence-corrected chi connectivity index (χ2v) is 2.90. The number of hydrogen-bond acceptors (Lipinski definition) is 2. The fourth-order valence-electron chi connectivity index (χ4n) is 1.30. The van der Waals surface area contributed by atoms with Crippen LogP contribution in [-0.2, 0) is 4.74 Å². The molecule has 2 rings (SSSR count). The van der Waals surface area contributed by atoms with Gasteiger partial charge in [0, 0.05) is 22.8 Å². The van der Waals surface area contributed by atoms with Gasteiger partial charge >= 0.3 is 6.09 Å². The number of aromatic amines is 1. The molecule has 0 saturated heterocycles. The smallest absolute Gasteiger partial charge is 0.411 e. The van der Waals surface area contributed by atoms with E-state index in [4.69, 9.17) is 0 Å². The zero-order chi connectivity index (χ0) is 9.97. The van der Waals surface area contributed by atoms with Crippen molar-refractivity contribution in [1.29, 1.82) is 0 Å². The number of ether oxygens (including phenoxy) is 1. The Balaban J connectivity index is 0.00000112. The van der Waals surface area contributed by atoms with Crippen LogP contribution in [0, 0.1) is 0 Å². The number of anilines is 1. The number of methoxy groups -OCH3 is 1. The van der Waals surface area contributed by atoms with Gasteiger partial charge in [-0.25, -0.2) is 4.79 Å². The summed E-state index contributed by atoms with van der Waals surface area (Å²) in [6, 6.07) is 7.54.